The van der Waals surface area contributed by atoms with Gasteiger partial charge in [-0.25, -0.2) is 18.4 Å². The zero-order valence-electron chi connectivity index (χ0n) is 23.8. The highest BCUT2D eigenvalue weighted by atomic mass is 32.2. The van der Waals surface area contributed by atoms with E-state index in [2.05, 4.69) is 29.8 Å². The first-order chi connectivity index (χ1) is 20.4. The highest BCUT2D eigenvalue weighted by Crippen LogP contribution is 2.54. The first-order valence-electron chi connectivity index (χ1n) is 14.5. The minimum atomic E-state index is -4.21. The van der Waals surface area contributed by atoms with E-state index in [-0.39, 0.29) is 37.7 Å². The maximum atomic E-state index is 13.2. The summed E-state index contributed by atoms with van der Waals surface area (Å²) >= 11 is 0. The summed E-state index contributed by atoms with van der Waals surface area (Å²) in [7, 11) is -3.72. The van der Waals surface area contributed by atoms with E-state index in [0.717, 1.165) is 31.6 Å². The molecule has 0 amide bonds. The number of alkyl halides is 3. The molecular formula is C28H34F3N7O4S. The molecule has 1 spiro atoms. The van der Waals surface area contributed by atoms with Gasteiger partial charge in [-0.05, 0) is 75.1 Å². The SMILES string of the molecule is Cc1cc(-c2nnc(-c3ccc(NS(=O)(=O)CCO)cc3N3CCC4(CC3)CC4)o2)nc(N2CCC(C(F)(F)F)CC2)n1. The highest BCUT2D eigenvalue weighted by Gasteiger charge is 2.45. The van der Waals surface area contributed by atoms with Crippen LogP contribution in [0.3, 0.4) is 0 Å². The molecule has 3 aromatic rings. The van der Waals surface area contributed by atoms with Gasteiger partial charge < -0.3 is 19.3 Å². The molecule has 0 bridgehead atoms. The molecule has 2 aromatic heterocycles. The van der Waals surface area contributed by atoms with Gasteiger partial charge in [0.1, 0.15) is 5.69 Å². The topological polar surface area (TPSA) is 138 Å². The first kappa shape index (κ1) is 29.6. The Balaban J connectivity index is 1.27. The van der Waals surface area contributed by atoms with Gasteiger partial charge in [0, 0.05) is 31.9 Å². The lowest BCUT2D eigenvalue weighted by atomic mass is 9.93. The van der Waals surface area contributed by atoms with Crippen LogP contribution in [0.4, 0.5) is 30.5 Å². The molecular weight excluding hydrogens is 587 g/mol. The molecule has 0 unspecified atom stereocenters. The van der Waals surface area contributed by atoms with E-state index in [1.54, 1.807) is 36.1 Å². The molecule has 2 N–H and O–H groups in total. The Bertz CT molecular complexity index is 1580. The highest BCUT2D eigenvalue weighted by molar-refractivity contribution is 7.92. The number of hydrogen-bond acceptors (Lipinski definition) is 10. The average molecular weight is 622 g/mol. The number of rotatable bonds is 8. The number of halogens is 3. The largest absolute Gasteiger partial charge is 0.415 e. The van der Waals surface area contributed by atoms with Crippen LogP contribution in [-0.2, 0) is 10.0 Å². The third-order valence-corrected chi connectivity index (χ3v) is 9.98. The maximum absolute atomic E-state index is 13.2. The van der Waals surface area contributed by atoms with Crippen molar-refractivity contribution in [2.24, 2.45) is 11.3 Å². The van der Waals surface area contributed by atoms with Crippen LogP contribution in [0.2, 0.25) is 0 Å². The van der Waals surface area contributed by atoms with E-state index in [4.69, 9.17) is 9.52 Å². The molecule has 4 heterocycles. The molecule has 2 saturated heterocycles. The Labute approximate surface area is 247 Å². The molecule has 0 radical (unpaired) electrons. The first-order valence-corrected chi connectivity index (χ1v) is 16.1. The summed E-state index contributed by atoms with van der Waals surface area (Å²) in [4.78, 5) is 12.9. The molecule has 0 atom stereocenters. The predicted molar refractivity (Wildman–Crippen MR) is 154 cm³/mol. The zero-order chi connectivity index (χ0) is 30.4. The maximum Gasteiger partial charge on any atom is 0.391 e. The molecule has 1 aliphatic carbocycles. The van der Waals surface area contributed by atoms with E-state index >= 15 is 0 Å². The van der Waals surface area contributed by atoms with Crippen LogP contribution in [0.1, 0.15) is 44.2 Å². The predicted octanol–water partition coefficient (Wildman–Crippen LogP) is 4.40. The Hall–Kier alpha value is -3.46. The molecule has 11 nitrogen and oxygen atoms in total. The lowest BCUT2D eigenvalue weighted by Crippen LogP contribution is -2.39. The molecule has 3 fully saturated rings. The van der Waals surface area contributed by atoms with Crippen molar-refractivity contribution < 1.29 is 31.1 Å². The van der Waals surface area contributed by atoms with Gasteiger partial charge in [-0.3, -0.25) is 4.72 Å². The lowest BCUT2D eigenvalue weighted by molar-refractivity contribution is -0.179. The van der Waals surface area contributed by atoms with Crippen LogP contribution in [0.25, 0.3) is 23.0 Å². The Morgan fingerprint density at radius 2 is 1.70 bits per heavy atom. The number of hydrogen-bond donors (Lipinski definition) is 2. The number of aliphatic hydroxyl groups excluding tert-OH is 1. The summed E-state index contributed by atoms with van der Waals surface area (Å²) in [5.74, 6) is -1.06. The molecule has 43 heavy (non-hydrogen) atoms. The summed E-state index contributed by atoms with van der Waals surface area (Å²) in [6.45, 7) is 3.27. The summed E-state index contributed by atoms with van der Waals surface area (Å²) < 4.78 is 72.8. The minimum Gasteiger partial charge on any atom is -0.415 e. The Kier molecular flexibility index (Phi) is 7.73. The minimum absolute atomic E-state index is 0.0204. The van der Waals surface area contributed by atoms with Crippen molar-refractivity contribution in [1.82, 2.24) is 20.2 Å². The van der Waals surface area contributed by atoms with Crippen LogP contribution in [-0.4, -0.2) is 78.4 Å². The third-order valence-electron chi connectivity index (χ3n) is 8.71. The Morgan fingerprint density at radius 3 is 2.35 bits per heavy atom. The second kappa shape index (κ2) is 11.2. The van der Waals surface area contributed by atoms with Gasteiger partial charge in [0.15, 0.2) is 0 Å². The molecule has 232 valence electrons. The van der Waals surface area contributed by atoms with E-state index in [0.29, 0.717) is 34.0 Å². The molecule has 1 aromatic carbocycles. The van der Waals surface area contributed by atoms with Gasteiger partial charge in [0.25, 0.3) is 5.89 Å². The van der Waals surface area contributed by atoms with Gasteiger partial charge >= 0.3 is 6.18 Å². The second-order valence-electron chi connectivity index (χ2n) is 11.8. The van der Waals surface area contributed by atoms with Crippen molar-refractivity contribution in [2.75, 3.05) is 53.1 Å². The van der Waals surface area contributed by atoms with E-state index in [9.17, 15) is 21.6 Å². The quantitative estimate of drug-likeness (QED) is 0.372. The summed E-state index contributed by atoms with van der Waals surface area (Å²) in [6, 6.07) is 6.77. The van der Waals surface area contributed by atoms with Crippen LogP contribution in [0, 0.1) is 18.3 Å². The zero-order valence-corrected chi connectivity index (χ0v) is 24.6. The van der Waals surface area contributed by atoms with Crippen LogP contribution in [0.15, 0.2) is 28.7 Å². The average Bonchev–Trinajstić information content (AvgIpc) is 3.52. The number of aryl methyl sites for hydroxylation is 1. The molecule has 6 rings (SSSR count). The monoisotopic (exact) mass is 621 g/mol. The molecule has 1 saturated carbocycles. The van der Waals surface area contributed by atoms with Gasteiger partial charge in [-0.1, -0.05) is 0 Å². The molecule has 3 aliphatic rings. The van der Waals surface area contributed by atoms with Gasteiger partial charge in [-0.2, -0.15) is 13.2 Å². The summed E-state index contributed by atoms with van der Waals surface area (Å²) in [5.41, 5.74) is 3.16. The number of sulfonamides is 1. The number of aliphatic hydroxyl groups is 1. The van der Waals surface area contributed by atoms with Crippen LogP contribution >= 0.6 is 0 Å². The number of anilines is 3. The number of nitrogens with zero attached hydrogens (tertiary/aromatic N) is 6. The van der Waals surface area contributed by atoms with E-state index in [1.807, 2.05) is 0 Å². The molecule has 2 aliphatic heterocycles. The summed E-state index contributed by atoms with van der Waals surface area (Å²) in [5, 5.41) is 17.6. The standard InChI is InChI=1S/C28H34F3N7O4S/c1-18-16-22(33-26(32-18)38-10-4-19(5-11-38)28(29,30)31)25-35-34-24(42-25)21-3-2-20(36-43(40,41)15-14-39)17-23(21)37-12-8-27(6-7-27)9-13-37/h2-3,16-17,19,36,39H,4-15H2,1H3. The van der Waals surface area contributed by atoms with Crippen molar-refractivity contribution in [3.8, 4) is 23.0 Å². The van der Waals surface area contributed by atoms with Gasteiger partial charge in [0.05, 0.1) is 35.2 Å². The van der Waals surface area contributed by atoms with Crippen molar-refractivity contribution >= 4 is 27.3 Å². The number of nitrogens with one attached hydrogen (secondary N) is 1. The normalized spacial score (nSPS) is 19.2. The second-order valence-corrected chi connectivity index (χ2v) is 13.6. The van der Waals surface area contributed by atoms with Crippen molar-refractivity contribution in [1.29, 1.82) is 0 Å². The van der Waals surface area contributed by atoms with Crippen molar-refractivity contribution in [3.05, 3.63) is 30.0 Å². The van der Waals surface area contributed by atoms with Crippen LogP contribution in [0.5, 0.6) is 0 Å². The number of aromatic nitrogens is 4. The van der Waals surface area contributed by atoms with Crippen molar-refractivity contribution in [3.63, 3.8) is 0 Å². The third kappa shape index (κ3) is 6.56. The number of benzene rings is 1. The van der Waals surface area contributed by atoms with Gasteiger partial charge in [-0.15, -0.1) is 10.2 Å². The smallest absolute Gasteiger partial charge is 0.391 e. The fourth-order valence-electron chi connectivity index (χ4n) is 5.93. The lowest BCUT2D eigenvalue weighted by Gasteiger charge is -2.35. The fourth-order valence-corrected chi connectivity index (χ4v) is 6.76. The van der Waals surface area contributed by atoms with E-state index < -0.39 is 34.5 Å². The van der Waals surface area contributed by atoms with E-state index in [1.165, 1.54) is 12.8 Å². The summed E-state index contributed by atoms with van der Waals surface area (Å²) in [6.07, 6.45) is 0.321. The molecule has 15 heteroatoms. The fraction of sp³-hybridized carbons (Fsp3) is 0.571. The Morgan fingerprint density at radius 1 is 1.00 bits per heavy atom. The van der Waals surface area contributed by atoms with Crippen molar-refractivity contribution in [2.45, 2.75) is 51.6 Å². The van der Waals surface area contributed by atoms with Crippen LogP contribution < -0.4 is 14.5 Å². The number of piperidine rings is 2. The van der Waals surface area contributed by atoms with Gasteiger partial charge in [0.2, 0.25) is 21.9 Å².